The fourth-order valence-corrected chi connectivity index (χ4v) is 1.10. The van der Waals surface area contributed by atoms with E-state index in [0.717, 1.165) is 6.07 Å². The van der Waals surface area contributed by atoms with Gasteiger partial charge in [0.1, 0.15) is 11.8 Å². The third-order valence-corrected chi connectivity index (χ3v) is 1.71. The largest absolute Gasteiger partial charge is 0.508 e. The van der Waals surface area contributed by atoms with Gasteiger partial charge in [-0.15, -0.1) is 0 Å². The van der Waals surface area contributed by atoms with Crippen LogP contribution in [0.25, 0.3) is 0 Å². The lowest BCUT2D eigenvalue weighted by Crippen LogP contribution is -1.84. The lowest BCUT2D eigenvalue weighted by molar-refractivity contribution is 0.472. The molecule has 1 N–H and O–H groups in total. The third kappa shape index (κ3) is 1.49. The van der Waals surface area contributed by atoms with Crippen molar-refractivity contribution in [1.82, 2.24) is 0 Å². The molecule has 1 aromatic rings. The Hall–Kier alpha value is -1.08. The summed E-state index contributed by atoms with van der Waals surface area (Å²) in [5, 5.41) is 17.2. The van der Waals surface area contributed by atoms with Crippen LogP contribution >= 0.6 is 15.9 Å². The normalized spacial score (nSPS) is 9.18. The van der Waals surface area contributed by atoms with Crippen molar-refractivity contribution in [1.29, 1.82) is 5.26 Å². The van der Waals surface area contributed by atoms with Gasteiger partial charge in [-0.05, 0) is 22.0 Å². The van der Waals surface area contributed by atoms with Crippen molar-refractivity contribution in [3.8, 4) is 11.8 Å². The van der Waals surface area contributed by atoms with Crippen molar-refractivity contribution < 1.29 is 9.50 Å². The Bertz CT molecular complexity index is 332. The molecule has 2 nitrogen and oxygen atoms in total. The summed E-state index contributed by atoms with van der Waals surface area (Å²) in [4.78, 5) is 0. The number of nitriles is 1. The molecule has 0 saturated heterocycles. The first-order chi connectivity index (χ1) is 5.15. The second kappa shape index (κ2) is 2.89. The molecule has 0 bridgehead atoms. The number of aromatic hydroxyl groups is 1. The molecule has 1 rings (SSSR count). The summed E-state index contributed by atoms with van der Waals surface area (Å²) >= 11 is 2.85. The van der Waals surface area contributed by atoms with Gasteiger partial charge in [0.15, 0.2) is 5.82 Å². The van der Waals surface area contributed by atoms with Gasteiger partial charge in [0, 0.05) is 6.07 Å². The fourth-order valence-electron chi connectivity index (χ4n) is 0.656. The molecule has 0 atom stereocenters. The number of halogens is 2. The summed E-state index contributed by atoms with van der Waals surface area (Å²) in [5.41, 5.74) is -0.170. The van der Waals surface area contributed by atoms with E-state index in [-0.39, 0.29) is 15.8 Å². The predicted octanol–water partition coefficient (Wildman–Crippen LogP) is 2.17. The molecule has 0 amide bonds. The number of benzene rings is 1. The second-order valence-electron chi connectivity index (χ2n) is 1.90. The van der Waals surface area contributed by atoms with Crippen LogP contribution in [0, 0.1) is 17.1 Å². The van der Waals surface area contributed by atoms with Crippen LogP contribution in [0.1, 0.15) is 5.56 Å². The topological polar surface area (TPSA) is 44.0 Å². The van der Waals surface area contributed by atoms with E-state index in [4.69, 9.17) is 10.4 Å². The van der Waals surface area contributed by atoms with E-state index in [2.05, 4.69) is 15.9 Å². The number of phenolic OH excluding ortho intramolecular Hbond substituents is 1. The molecule has 0 aliphatic rings. The summed E-state index contributed by atoms with van der Waals surface area (Å²) in [7, 11) is 0. The van der Waals surface area contributed by atoms with Gasteiger partial charge in [-0.1, -0.05) is 0 Å². The maximum atomic E-state index is 12.8. The minimum Gasteiger partial charge on any atom is -0.508 e. The summed E-state index contributed by atoms with van der Waals surface area (Å²) in [5.74, 6) is -0.778. The number of nitrogens with zero attached hydrogens (tertiary/aromatic N) is 1. The molecule has 0 saturated carbocycles. The standard InChI is InChI=1S/C7H3BrFNO/c8-6-2-5(11)1-4(3-10)7(6)9/h1-2,11H. The molecule has 0 heterocycles. The van der Waals surface area contributed by atoms with Crippen LogP contribution in [0.5, 0.6) is 5.75 Å². The highest BCUT2D eigenvalue weighted by molar-refractivity contribution is 9.10. The molecular weight excluding hydrogens is 213 g/mol. The van der Waals surface area contributed by atoms with Crippen LogP contribution in [0.15, 0.2) is 16.6 Å². The van der Waals surface area contributed by atoms with E-state index in [1.165, 1.54) is 6.07 Å². The number of hydrogen-bond acceptors (Lipinski definition) is 2. The molecule has 1 aromatic carbocycles. The van der Waals surface area contributed by atoms with E-state index >= 15 is 0 Å². The Kier molecular flexibility index (Phi) is 2.11. The Morgan fingerprint density at radius 2 is 2.18 bits per heavy atom. The Balaban J connectivity index is 3.39. The van der Waals surface area contributed by atoms with Crippen molar-refractivity contribution in [3.63, 3.8) is 0 Å². The van der Waals surface area contributed by atoms with Gasteiger partial charge >= 0.3 is 0 Å². The molecule has 11 heavy (non-hydrogen) atoms. The lowest BCUT2D eigenvalue weighted by atomic mass is 10.2. The quantitative estimate of drug-likeness (QED) is 0.722. The number of hydrogen-bond donors (Lipinski definition) is 1. The van der Waals surface area contributed by atoms with Gasteiger partial charge < -0.3 is 5.11 Å². The maximum Gasteiger partial charge on any atom is 0.155 e. The van der Waals surface area contributed by atoms with E-state index in [1.807, 2.05) is 0 Å². The van der Waals surface area contributed by atoms with Gasteiger partial charge in [-0.2, -0.15) is 5.26 Å². The van der Waals surface area contributed by atoms with E-state index < -0.39 is 5.82 Å². The van der Waals surface area contributed by atoms with Crippen LogP contribution in [0.2, 0.25) is 0 Å². The highest BCUT2D eigenvalue weighted by atomic mass is 79.9. The molecule has 0 radical (unpaired) electrons. The zero-order chi connectivity index (χ0) is 8.43. The van der Waals surface area contributed by atoms with Crippen LogP contribution in [-0.4, -0.2) is 5.11 Å². The van der Waals surface area contributed by atoms with Gasteiger partial charge in [-0.3, -0.25) is 0 Å². The van der Waals surface area contributed by atoms with Crippen molar-refractivity contribution in [3.05, 3.63) is 28.0 Å². The first-order valence-electron chi connectivity index (χ1n) is 2.73. The molecule has 0 spiro atoms. The Morgan fingerprint density at radius 1 is 1.55 bits per heavy atom. The van der Waals surface area contributed by atoms with Crippen LogP contribution in [0.4, 0.5) is 4.39 Å². The summed E-state index contributed by atoms with van der Waals surface area (Å²) < 4.78 is 12.9. The Labute approximate surface area is 71.0 Å². The highest BCUT2D eigenvalue weighted by Gasteiger charge is 2.06. The van der Waals surface area contributed by atoms with Crippen LogP contribution < -0.4 is 0 Å². The Morgan fingerprint density at radius 3 is 2.73 bits per heavy atom. The first-order valence-corrected chi connectivity index (χ1v) is 3.52. The van der Waals surface area contributed by atoms with Crippen molar-refractivity contribution >= 4 is 15.9 Å². The van der Waals surface area contributed by atoms with Crippen molar-refractivity contribution in [2.45, 2.75) is 0 Å². The van der Waals surface area contributed by atoms with E-state index in [9.17, 15) is 4.39 Å². The van der Waals surface area contributed by atoms with Crippen LogP contribution in [-0.2, 0) is 0 Å². The zero-order valence-corrected chi connectivity index (χ0v) is 6.89. The molecule has 0 aliphatic heterocycles. The van der Waals surface area contributed by atoms with Crippen LogP contribution in [0.3, 0.4) is 0 Å². The predicted molar refractivity (Wildman–Crippen MR) is 40.5 cm³/mol. The average Bonchev–Trinajstić information content (AvgIpc) is 1.96. The van der Waals surface area contributed by atoms with E-state index in [0.29, 0.717) is 0 Å². The fraction of sp³-hybridized carbons (Fsp3) is 0. The van der Waals surface area contributed by atoms with E-state index in [1.54, 1.807) is 6.07 Å². The molecule has 0 aromatic heterocycles. The molecule has 4 heteroatoms. The van der Waals surface area contributed by atoms with Crippen molar-refractivity contribution in [2.75, 3.05) is 0 Å². The third-order valence-electron chi connectivity index (χ3n) is 1.13. The SMILES string of the molecule is N#Cc1cc(O)cc(Br)c1F. The molecular formula is C7H3BrFNO. The minimum atomic E-state index is -0.648. The first kappa shape index (κ1) is 8.02. The number of phenols is 1. The zero-order valence-electron chi connectivity index (χ0n) is 5.31. The minimum absolute atomic E-state index is 0.0917. The summed E-state index contributed by atoms with van der Waals surface area (Å²) in [6.07, 6.45) is 0. The summed E-state index contributed by atoms with van der Waals surface area (Å²) in [6.45, 7) is 0. The number of rotatable bonds is 0. The van der Waals surface area contributed by atoms with Crippen molar-refractivity contribution in [2.24, 2.45) is 0 Å². The highest BCUT2D eigenvalue weighted by Crippen LogP contribution is 2.23. The van der Waals surface area contributed by atoms with Gasteiger partial charge in [-0.25, -0.2) is 4.39 Å². The molecule has 0 fully saturated rings. The molecule has 56 valence electrons. The van der Waals surface area contributed by atoms with Gasteiger partial charge in [0.05, 0.1) is 10.0 Å². The van der Waals surface area contributed by atoms with Gasteiger partial charge in [0.25, 0.3) is 0 Å². The smallest absolute Gasteiger partial charge is 0.155 e. The second-order valence-corrected chi connectivity index (χ2v) is 2.76. The lowest BCUT2D eigenvalue weighted by Gasteiger charge is -1.97. The average molecular weight is 216 g/mol. The van der Waals surface area contributed by atoms with Gasteiger partial charge in [0.2, 0.25) is 0 Å². The molecule has 0 unspecified atom stereocenters. The monoisotopic (exact) mass is 215 g/mol. The summed E-state index contributed by atoms with van der Waals surface area (Å²) in [6, 6.07) is 3.87. The molecule has 0 aliphatic carbocycles. The maximum absolute atomic E-state index is 12.8.